The quantitative estimate of drug-likeness (QED) is 0.360. The lowest BCUT2D eigenvalue weighted by Gasteiger charge is -2.19. The molecule has 9 heteroatoms. The predicted octanol–water partition coefficient (Wildman–Crippen LogP) is 2.98. The Morgan fingerprint density at radius 2 is 2.30 bits per heavy atom. The SMILES string of the molecule is CCNC(=NCCc1ncc(C)s1)NC1CCN(c2ncccc2F)C1.I. The van der Waals surface area contributed by atoms with Crippen molar-refractivity contribution in [3.63, 3.8) is 0 Å². The Labute approximate surface area is 180 Å². The smallest absolute Gasteiger partial charge is 0.191 e. The molecule has 0 saturated carbocycles. The normalized spacial score (nSPS) is 16.9. The number of aliphatic imine (C=N–C) groups is 1. The van der Waals surface area contributed by atoms with Gasteiger partial charge < -0.3 is 15.5 Å². The van der Waals surface area contributed by atoms with Gasteiger partial charge in [-0.15, -0.1) is 35.3 Å². The highest BCUT2D eigenvalue weighted by Gasteiger charge is 2.25. The van der Waals surface area contributed by atoms with Crippen LogP contribution < -0.4 is 15.5 Å². The molecule has 1 saturated heterocycles. The number of aromatic nitrogens is 2. The molecule has 3 rings (SSSR count). The van der Waals surface area contributed by atoms with Crippen LogP contribution in [0.2, 0.25) is 0 Å². The van der Waals surface area contributed by atoms with Gasteiger partial charge in [-0.3, -0.25) is 4.99 Å². The summed E-state index contributed by atoms with van der Waals surface area (Å²) in [5, 5.41) is 7.85. The zero-order chi connectivity index (χ0) is 18.4. The summed E-state index contributed by atoms with van der Waals surface area (Å²) in [5.74, 6) is 0.958. The summed E-state index contributed by atoms with van der Waals surface area (Å²) in [4.78, 5) is 16.4. The monoisotopic (exact) mass is 504 g/mol. The summed E-state index contributed by atoms with van der Waals surface area (Å²) in [6.07, 6.45) is 5.29. The van der Waals surface area contributed by atoms with Crippen molar-refractivity contribution < 1.29 is 4.39 Å². The molecule has 2 aromatic heterocycles. The Hall–Kier alpha value is -1.49. The number of pyridine rings is 1. The first-order chi connectivity index (χ1) is 12.7. The second-order valence-electron chi connectivity index (χ2n) is 6.26. The molecule has 6 nitrogen and oxygen atoms in total. The second kappa shape index (κ2) is 10.7. The van der Waals surface area contributed by atoms with Crippen LogP contribution in [0.1, 0.15) is 23.2 Å². The van der Waals surface area contributed by atoms with Crippen LogP contribution in [0, 0.1) is 12.7 Å². The maximum atomic E-state index is 13.9. The molecule has 0 amide bonds. The molecule has 1 fully saturated rings. The number of nitrogens with one attached hydrogen (secondary N) is 2. The highest BCUT2D eigenvalue weighted by molar-refractivity contribution is 14.0. The van der Waals surface area contributed by atoms with E-state index in [0.29, 0.717) is 18.9 Å². The summed E-state index contributed by atoms with van der Waals surface area (Å²) in [6, 6.07) is 3.29. The van der Waals surface area contributed by atoms with Crippen molar-refractivity contribution in [2.24, 2.45) is 4.99 Å². The Balaban J connectivity index is 0.00000261. The molecule has 148 valence electrons. The highest BCUT2D eigenvalue weighted by atomic mass is 127. The first kappa shape index (κ1) is 21.8. The molecule has 1 aliphatic heterocycles. The molecule has 1 unspecified atom stereocenters. The largest absolute Gasteiger partial charge is 0.357 e. The fraction of sp³-hybridized carbons (Fsp3) is 0.500. The molecule has 0 aliphatic carbocycles. The van der Waals surface area contributed by atoms with Crippen LogP contribution in [0.5, 0.6) is 0 Å². The van der Waals surface area contributed by atoms with E-state index in [-0.39, 0.29) is 35.8 Å². The maximum absolute atomic E-state index is 13.9. The van der Waals surface area contributed by atoms with Crippen molar-refractivity contribution in [2.45, 2.75) is 32.7 Å². The van der Waals surface area contributed by atoms with Gasteiger partial charge in [-0.2, -0.15) is 0 Å². The number of halogens is 2. The molecule has 0 bridgehead atoms. The Morgan fingerprint density at radius 3 is 3.00 bits per heavy atom. The summed E-state index contributed by atoms with van der Waals surface area (Å²) >= 11 is 1.71. The topological polar surface area (TPSA) is 65.4 Å². The van der Waals surface area contributed by atoms with Gasteiger partial charge in [0.1, 0.15) is 0 Å². The van der Waals surface area contributed by atoms with Crippen molar-refractivity contribution >= 4 is 47.1 Å². The van der Waals surface area contributed by atoms with E-state index in [1.54, 1.807) is 23.6 Å². The highest BCUT2D eigenvalue weighted by Crippen LogP contribution is 2.20. The minimum atomic E-state index is -0.271. The standard InChI is InChI=1S/C18H25FN6S.HI/c1-3-20-18(22-9-6-16-23-11-13(2)26-16)24-14-7-10-25(12-14)17-15(19)5-4-8-21-17;/h4-5,8,11,14H,3,6-7,9-10,12H2,1-2H3,(H2,20,22,24);1H. The minimum absolute atomic E-state index is 0. The molecule has 27 heavy (non-hydrogen) atoms. The molecule has 2 aromatic rings. The minimum Gasteiger partial charge on any atom is -0.357 e. The number of anilines is 1. The Bertz CT molecular complexity index is 753. The first-order valence-corrected chi connectivity index (χ1v) is 9.79. The number of nitrogens with zero attached hydrogens (tertiary/aromatic N) is 4. The number of thiazole rings is 1. The lowest BCUT2D eigenvalue weighted by atomic mass is 10.3. The van der Waals surface area contributed by atoms with Gasteiger partial charge in [0.25, 0.3) is 0 Å². The molecular weight excluding hydrogens is 478 g/mol. The summed E-state index contributed by atoms with van der Waals surface area (Å²) in [5.41, 5.74) is 0. The predicted molar refractivity (Wildman–Crippen MR) is 120 cm³/mol. The van der Waals surface area contributed by atoms with Crippen LogP contribution in [0.25, 0.3) is 0 Å². The van der Waals surface area contributed by atoms with Crippen LogP contribution in [0.15, 0.2) is 29.5 Å². The zero-order valence-corrected chi connectivity index (χ0v) is 18.8. The van der Waals surface area contributed by atoms with E-state index in [9.17, 15) is 4.39 Å². The number of rotatable bonds is 6. The fourth-order valence-electron chi connectivity index (χ4n) is 2.97. The Morgan fingerprint density at radius 1 is 1.44 bits per heavy atom. The summed E-state index contributed by atoms with van der Waals surface area (Å²) in [6.45, 7) is 7.09. The van der Waals surface area contributed by atoms with Gasteiger partial charge in [0.05, 0.1) is 5.01 Å². The molecule has 0 aromatic carbocycles. The molecule has 1 atom stereocenters. The molecule has 0 spiro atoms. The van der Waals surface area contributed by atoms with Crippen molar-refractivity contribution in [3.8, 4) is 0 Å². The molecule has 0 radical (unpaired) electrons. The fourth-order valence-corrected chi connectivity index (χ4v) is 3.75. The van der Waals surface area contributed by atoms with Crippen molar-refractivity contribution in [2.75, 3.05) is 31.1 Å². The van der Waals surface area contributed by atoms with Gasteiger partial charge in [-0.05, 0) is 32.4 Å². The third-order valence-corrected chi connectivity index (χ3v) is 5.15. The molecule has 2 N–H and O–H groups in total. The van der Waals surface area contributed by atoms with Crippen LogP contribution >= 0.6 is 35.3 Å². The van der Waals surface area contributed by atoms with Crippen LogP contribution in [0.3, 0.4) is 0 Å². The van der Waals surface area contributed by atoms with Crippen molar-refractivity contribution in [3.05, 3.63) is 40.2 Å². The van der Waals surface area contributed by atoms with E-state index in [1.807, 2.05) is 18.0 Å². The van der Waals surface area contributed by atoms with Crippen LogP contribution in [-0.4, -0.2) is 48.1 Å². The maximum Gasteiger partial charge on any atom is 0.191 e. The van der Waals surface area contributed by atoms with E-state index >= 15 is 0 Å². The van der Waals surface area contributed by atoms with E-state index in [2.05, 4.69) is 32.5 Å². The van der Waals surface area contributed by atoms with E-state index in [0.717, 1.165) is 36.9 Å². The van der Waals surface area contributed by atoms with Crippen LogP contribution in [-0.2, 0) is 6.42 Å². The third kappa shape index (κ3) is 6.27. The molecular formula is C18H26FIN6S. The van der Waals surface area contributed by atoms with Gasteiger partial charge in [0.15, 0.2) is 17.6 Å². The van der Waals surface area contributed by atoms with Gasteiger partial charge in [0.2, 0.25) is 0 Å². The number of hydrogen-bond donors (Lipinski definition) is 2. The third-order valence-electron chi connectivity index (χ3n) is 4.18. The van der Waals surface area contributed by atoms with E-state index in [1.165, 1.54) is 10.9 Å². The van der Waals surface area contributed by atoms with E-state index in [4.69, 9.17) is 0 Å². The molecule has 1 aliphatic rings. The number of hydrogen-bond acceptors (Lipinski definition) is 5. The van der Waals surface area contributed by atoms with Crippen LogP contribution in [0.4, 0.5) is 10.2 Å². The lowest BCUT2D eigenvalue weighted by Crippen LogP contribution is -2.44. The van der Waals surface area contributed by atoms with E-state index < -0.39 is 0 Å². The number of guanidine groups is 1. The van der Waals surface area contributed by atoms with Gasteiger partial charge >= 0.3 is 0 Å². The summed E-state index contributed by atoms with van der Waals surface area (Å²) in [7, 11) is 0. The van der Waals surface area contributed by atoms with Crippen molar-refractivity contribution in [1.82, 2.24) is 20.6 Å². The number of aryl methyl sites for hydroxylation is 1. The zero-order valence-electron chi connectivity index (χ0n) is 15.6. The average Bonchev–Trinajstić information content (AvgIpc) is 3.25. The van der Waals surface area contributed by atoms with Gasteiger partial charge in [-0.1, -0.05) is 0 Å². The average molecular weight is 504 g/mol. The first-order valence-electron chi connectivity index (χ1n) is 8.97. The van der Waals surface area contributed by atoms with Crippen molar-refractivity contribution in [1.29, 1.82) is 0 Å². The van der Waals surface area contributed by atoms with Gasteiger partial charge in [-0.25, -0.2) is 14.4 Å². The Kier molecular flexibility index (Phi) is 8.68. The second-order valence-corrected chi connectivity index (χ2v) is 7.58. The molecule has 3 heterocycles. The lowest BCUT2D eigenvalue weighted by molar-refractivity contribution is 0.612. The van der Waals surface area contributed by atoms with Gasteiger partial charge in [0, 0.05) is 55.9 Å². The summed E-state index contributed by atoms with van der Waals surface area (Å²) < 4.78 is 13.9.